The van der Waals surface area contributed by atoms with Crippen LogP contribution in [0.3, 0.4) is 0 Å². The van der Waals surface area contributed by atoms with Gasteiger partial charge in [-0.15, -0.1) is 0 Å². The lowest BCUT2D eigenvalue weighted by atomic mass is 9.79. The summed E-state index contributed by atoms with van der Waals surface area (Å²) in [6.45, 7) is 7.07. The van der Waals surface area contributed by atoms with Gasteiger partial charge in [0.25, 0.3) is 0 Å². The fourth-order valence-corrected chi connectivity index (χ4v) is 3.27. The first-order chi connectivity index (χ1) is 9.79. The predicted octanol–water partition coefficient (Wildman–Crippen LogP) is 3.02. The highest BCUT2D eigenvalue weighted by molar-refractivity contribution is 5.36. The quantitative estimate of drug-likeness (QED) is 0.896. The number of ether oxygens (including phenoxy) is 2. The Kier molecular flexibility index (Phi) is 4.39. The second kappa shape index (κ2) is 6.25. The number of nitrogens with one attached hydrogen (secondary N) is 1. The van der Waals surface area contributed by atoms with Crippen molar-refractivity contribution in [3.05, 3.63) is 35.4 Å². The molecule has 1 heterocycles. The van der Waals surface area contributed by atoms with Crippen LogP contribution in [0.15, 0.2) is 24.3 Å². The van der Waals surface area contributed by atoms with Gasteiger partial charge in [-0.2, -0.15) is 0 Å². The van der Waals surface area contributed by atoms with Gasteiger partial charge in [0.05, 0.1) is 25.4 Å². The normalized spacial score (nSPS) is 29.8. The molecule has 1 aliphatic carbocycles. The first-order valence-corrected chi connectivity index (χ1v) is 7.85. The average molecular weight is 275 g/mol. The number of rotatable bonds is 5. The SMILES string of the molecule is CCCNC1c2ccccc2C(C)CC1OC1COC1. The fraction of sp³-hybridized carbons (Fsp3) is 0.647. The second-order valence-corrected chi connectivity index (χ2v) is 6.03. The molecular weight excluding hydrogens is 250 g/mol. The Hall–Kier alpha value is -0.900. The zero-order valence-corrected chi connectivity index (χ0v) is 12.5. The molecule has 0 amide bonds. The Bertz CT molecular complexity index is 444. The van der Waals surface area contributed by atoms with E-state index >= 15 is 0 Å². The molecule has 3 rings (SSSR count). The molecule has 0 aromatic heterocycles. The molecule has 3 heteroatoms. The van der Waals surface area contributed by atoms with Crippen LogP contribution >= 0.6 is 0 Å². The Balaban J connectivity index is 1.82. The van der Waals surface area contributed by atoms with Gasteiger partial charge in [0.2, 0.25) is 0 Å². The molecule has 0 bridgehead atoms. The van der Waals surface area contributed by atoms with E-state index in [0.29, 0.717) is 18.1 Å². The minimum absolute atomic E-state index is 0.264. The van der Waals surface area contributed by atoms with Crippen LogP contribution in [0, 0.1) is 0 Å². The average Bonchev–Trinajstić information content (AvgIpc) is 2.42. The molecule has 0 radical (unpaired) electrons. The van der Waals surface area contributed by atoms with Crippen LogP contribution in [0.5, 0.6) is 0 Å². The third-order valence-electron chi connectivity index (χ3n) is 4.41. The molecule has 2 aliphatic rings. The van der Waals surface area contributed by atoms with Crippen molar-refractivity contribution >= 4 is 0 Å². The molecule has 1 N–H and O–H groups in total. The summed E-state index contributed by atoms with van der Waals surface area (Å²) in [6, 6.07) is 9.13. The molecule has 1 saturated heterocycles. The van der Waals surface area contributed by atoms with Crippen molar-refractivity contribution in [3.8, 4) is 0 Å². The van der Waals surface area contributed by atoms with E-state index in [2.05, 4.69) is 43.4 Å². The molecule has 20 heavy (non-hydrogen) atoms. The Labute approximate surface area is 121 Å². The zero-order valence-electron chi connectivity index (χ0n) is 12.5. The lowest BCUT2D eigenvalue weighted by Crippen LogP contribution is -2.45. The maximum Gasteiger partial charge on any atom is 0.105 e. The number of fused-ring (bicyclic) bond motifs is 1. The van der Waals surface area contributed by atoms with Gasteiger partial charge in [-0.25, -0.2) is 0 Å². The van der Waals surface area contributed by atoms with Crippen LogP contribution in [-0.2, 0) is 9.47 Å². The van der Waals surface area contributed by atoms with Crippen LogP contribution in [0.2, 0.25) is 0 Å². The van der Waals surface area contributed by atoms with E-state index in [0.717, 1.165) is 32.6 Å². The molecule has 1 fully saturated rings. The summed E-state index contributed by atoms with van der Waals surface area (Å²) in [4.78, 5) is 0. The summed E-state index contributed by atoms with van der Waals surface area (Å²) in [5.74, 6) is 0.567. The first-order valence-electron chi connectivity index (χ1n) is 7.85. The summed E-state index contributed by atoms with van der Waals surface area (Å²) in [5.41, 5.74) is 2.90. The van der Waals surface area contributed by atoms with Crippen molar-refractivity contribution in [2.75, 3.05) is 19.8 Å². The van der Waals surface area contributed by atoms with Gasteiger partial charge in [0.15, 0.2) is 0 Å². The molecule has 1 aliphatic heterocycles. The Morgan fingerprint density at radius 3 is 2.65 bits per heavy atom. The number of benzene rings is 1. The molecule has 0 spiro atoms. The van der Waals surface area contributed by atoms with E-state index in [4.69, 9.17) is 9.47 Å². The van der Waals surface area contributed by atoms with E-state index in [1.807, 2.05) is 0 Å². The summed E-state index contributed by atoms with van der Waals surface area (Å²) < 4.78 is 11.5. The lowest BCUT2D eigenvalue weighted by Gasteiger charge is -2.40. The minimum atomic E-state index is 0.264. The largest absolute Gasteiger partial charge is 0.376 e. The minimum Gasteiger partial charge on any atom is -0.376 e. The molecule has 110 valence electrons. The second-order valence-electron chi connectivity index (χ2n) is 6.03. The van der Waals surface area contributed by atoms with Gasteiger partial charge in [-0.3, -0.25) is 0 Å². The third-order valence-corrected chi connectivity index (χ3v) is 4.41. The highest BCUT2D eigenvalue weighted by atomic mass is 16.6. The Morgan fingerprint density at radius 2 is 2.00 bits per heavy atom. The molecule has 0 saturated carbocycles. The van der Waals surface area contributed by atoms with Crippen molar-refractivity contribution in [1.82, 2.24) is 5.32 Å². The van der Waals surface area contributed by atoms with Crippen LogP contribution < -0.4 is 5.32 Å². The first kappa shape index (κ1) is 14.1. The van der Waals surface area contributed by atoms with Gasteiger partial charge >= 0.3 is 0 Å². The third kappa shape index (κ3) is 2.76. The van der Waals surface area contributed by atoms with Crippen LogP contribution in [0.1, 0.15) is 49.8 Å². The van der Waals surface area contributed by atoms with Crippen molar-refractivity contribution < 1.29 is 9.47 Å². The molecular formula is C17H25NO2. The molecule has 3 atom stereocenters. The van der Waals surface area contributed by atoms with Gasteiger partial charge in [-0.1, -0.05) is 38.1 Å². The summed E-state index contributed by atoms with van der Waals surface area (Å²) in [7, 11) is 0. The fourth-order valence-electron chi connectivity index (χ4n) is 3.27. The predicted molar refractivity (Wildman–Crippen MR) is 80.0 cm³/mol. The smallest absolute Gasteiger partial charge is 0.105 e. The summed E-state index contributed by atoms with van der Waals surface area (Å²) in [6.07, 6.45) is 2.80. The van der Waals surface area contributed by atoms with E-state index in [1.165, 1.54) is 11.1 Å². The molecule has 3 unspecified atom stereocenters. The molecule has 3 nitrogen and oxygen atoms in total. The topological polar surface area (TPSA) is 30.5 Å². The zero-order chi connectivity index (χ0) is 13.9. The van der Waals surface area contributed by atoms with Crippen LogP contribution in [0.4, 0.5) is 0 Å². The summed E-state index contributed by atoms with van der Waals surface area (Å²) in [5, 5.41) is 3.69. The van der Waals surface area contributed by atoms with Crippen molar-refractivity contribution in [1.29, 1.82) is 0 Å². The van der Waals surface area contributed by atoms with Crippen LogP contribution in [-0.4, -0.2) is 32.0 Å². The summed E-state index contributed by atoms with van der Waals surface area (Å²) >= 11 is 0. The Morgan fingerprint density at radius 1 is 1.25 bits per heavy atom. The maximum absolute atomic E-state index is 6.28. The van der Waals surface area contributed by atoms with Gasteiger partial charge < -0.3 is 14.8 Å². The van der Waals surface area contributed by atoms with Crippen LogP contribution in [0.25, 0.3) is 0 Å². The number of hydrogen-bond donors (Lipinski definition) is 1. The highest BCUT2D eigenvalue weighted by Crippen LogP contribution is 2.39. The highest BCUT2D eigenvalue weighted by Gasteiger charge is 2.36. The number of hydrogen-bond acceptors (Lipinski definition) is 3. The monoisotopic (exact) mass is 275 g/mol. The standard InChI is InChI=1S/C17H25NO2/c1-3-8-18-17-15-7-5-4-6-14(15)12(2)9-16(17)20-13-10-19-11-13/h4-7,12-13,16-18H,3,8-11H2,1-2H3. The van der Waals surface area contributed by atoms with Gasteiger partial charge in [0.1, 0.15) is 6.10 Å². The van der Waals surface area contributed by atoms with Crippen molar-refractivity contribution in [2.24, 2.45) is 0 Å². The van der Waals surface area contributed by atoms with Gasteiger partial charge in [-0.05, 0) is 36.4 Å². The lowest BCUT2D eigenvalue weighted by molar-refractivity contribution is -0.164. The van der Waals surface area contributed by atoms with Crippen molar-refractivity contribution in [3.63, 3.8) is 0 Å². The van der Waals surface area contributed by atoms with Gasteiger partial charge in [0, 0.05) is 0 Å². The van der Waals surface area contributed by atoms with E-state index in [1.54, 1.807) is 0 Å². The van der Waals surface area contributed by atoms with Crippen molar-refractivity contribution in [2.45, 2.75) is 50.9 Å². The molecule has 1 aromatic carbocycles. The molecule has 1 aromatic rings. The van der Waals surface area contributed by atoms with E-state index in [9.17, 15) is 0 Å². The van der Waals surface area contributed by atoms with E-state index < -0.39 is 0 Å². The maximum atomic E-state index is 6.28. The van der Waals surface area contributed by atoms with E-state index in [-0.39, 0.29) is 6.10 Å².